The zero-order valence-corrected chi connectivity index (χ0v) is 31.8. The van der Waals surface area contributed by atoms with Crippen molar-refractivity contribution in [2.75, 3.05) is 0 Å². The van der Waals surface area contributed by atoms with Crippen molar-refractivity contribution in [3.8, 4) is 22.6 Å². The van der Waals surface area contributed by atoms with Gasteiger partial charge in [0.2, 0.25) is 0 Å². The van der Waals surface area contributed by atoms with Crippen molar-refractivity contribution in [2.45, 2.75) is 56.4 Å². The molecule has 0 spiro atoms. The Labute approximate surface area is 331 Å². The Morgan fingerprint density at radius 3 is 1.23 bits per heavy atom. The average Bonchev–Trinajstić information content (AvgIpc) is 3.38. The van der Waals surface area contributed by atoms with Crippen LogP contribution in [0.5, 0.6) is 11.5 Å². The Bertz CT molecular complexity index is 2300. The lowest BCUT2D eigenvalue weighted by atomic mass is 9.84. The van der Waals surface area contributed by atoms with E-state index in [9.17, 15) is 10.2 Å². The average molecular weight is 781 g/mol. The second kappa shape index (κ2) is 16.3. The van der Waals surface area contributed by atoms with Crippen molar-refractivity contribution >= 4 is 29.7 Å². The normalized spacial score (nSPS) is 22.5. The van der Waals surface area contributed by atoms with E-state index in [4.69, 9.17) is 27.8 Å². The van der Waals surface area contributed by atoms with Gasteiger partial charge in [0.25, 0.3) is 0 Å². The van der Waals surface area contributed by atoms with Gasteiger partial charge in [-0.05, 0) is 50.4 Å². The van der Waals surface area contributed by atoms with Crippen molar-refractivity contribution < 1.29 is 42.9 Å². The van der Waals surface area contributed by atoms with Crippen LogP contribution in [-0.4, -0.2) is 46.8 Å². The lowest BCUT2D eigenvalue weighted by Gasteiger charge is -2.46. The van der Waals surface area contributed by atoms with Crippen LogP contribution in [0.4, 0.5) is 0 Å². The van der Waals surface area contributed by atoms with E-state index in [0.29, 0.717) is 11.1 Å². The molecular weight excluding hydrogens is 739 g/mol. The molecule has 57 heavy (non-hydrogen) atoms. The summed E-state index contributed by atoms with van der Waals surface area (Å²) in [5, 5.41) is 27.9. The highest BCUT2D eigenvalue weighted by atomic mass is 31.2. The van der Waals surface area contributed by atoms with E-state index < -0.39 is 44.8 Å². The van der Waals surface area contributed by atoms with Crippen LogP contribution in [0.15, 0.2) is 164 Å². The molecule has 1 saturated carbocycles. The molecule has 2 aliphatic rings. The Kier molecular flexibility index (Phi) is 10.7. The van der Waals surface area contributed by atoms with Crippen molar-refractivity contribution in [1.29, 1.82) is 0 Å². The first kappa shape index (κ1) is 37.4. The summed E-state index contributed by atoms with van der Waals surface area (Å²) in [5.41, 5.74) is 3.91. The van der Waals surface area contributed by atoms with E-state index in [1.54, 1.807) is 12.1 Å². The van der Waals surface area contributed by atoms with Crippen molar-refractivity contribution in [3.05, 3.63) is 180 Å². The summed E-state index contributed by atoms with van der Waals surface area (Å²) in [6.45, 7) is 0.220. The highest BCUT2D eigenvalue weighted by Gasteiger charge is 2.58. The number of ether oxygens (including phenoxy) is 3. The zero-order valence-electron chi connectivity index (χ0n) is 30.9. The number of phosphoric ester groups is 1. The first-order chi connectivity index (χ1) is 27.9. The van der Waals surface area contributed by atoms with Crippen molar-refractivity contribution in [3.63, 3.8) is 0 Å². The summed E-state index contributed by atoms with van der Waals surface area (Å²) in [6.07, 6.45) is -7.94. The molecule has 1 heterocycles. The van der Waals surface area contributed by atoms with E-state index in [0.717, 1.165) is 38.2 Å². The highest BCUT2D eigenvalue weighted by molar-refractivity contribution is 7.54. The third-order valence-corrected chi connectivity index (χ3v) is 11.9. The molecule has 6 atom stereocenters. The smallest absolute Gasteiger partial charge is 0.473 e. The lowest BCUT2D eigenvalue weighted by Crippen LogP contribution is -2.66. The molecule has 7 aromatic rings. The third-order valence-electron chi connectivity index (χ3n) is 10.6. The van der Waals surface area contributed by atoms with Gasteiger partial charge in [0.15, 0.2) is 17.6 Å². The number of hydrogen-bond acceptors (Lipinski definition) is 9. The number of benzene rings is 7. The van der Waals surface area contributed by atoms with Gasteiger partial charge >= 0.3 is 8.17 Å². The minimum atomic E-state index is -4.67. The molecule has 1 aliphatic carbocycles. The summed E-state index contributed by atoms with van der Waals surface area (Å²) in [7, 11) is -4.67. The van der Waals surface area contributed by atoms with Crippen molar-refractivity contribution in [2.24, 2.45) is 0 Å². The standard InChI is InChI=1S/C47H41O9P/c48-42-44(51-28-31-14-4-1-5-15-31)43(49)46(53-30-33-18-8-3-9-19-33)47(45(42)52-29-32-16-6-2-7-17-32)56-57(50)54-38-26-24-34-20-10-12-22-36(34)40(38)41-37-23-13-11-21-35(37)25-27-39(41)55-57/h1-27,42-49H,28-30H2/t42-,43+,44?,45-,46-,47?/m0/s1. The van der Waals surface area contributed by atoms with Crippen LogP contribution >= 0.6 is 8.17 Å². The minimum absolute atomic E-state index is 0.0605. The molecule has 288 valence electrons. The van der Waals surface area contributed by atoms with Crippen LogP contribution in [0.2, 0.25) is 0 Å². The van der Waals surface area contributed by atoms with E-state index in [-0.39, 0.29) is 31.3 Å². The maximum absolute atomic E-state index is 15.4. The van der Waals surface area contributed by atoms with Gasteiger partial charge in [-0.3, -0.25) is 9.05 Å². The molecule has 0 saturated heterocycles. The second-order valence-corrected chi connectivity index (χ2v) is 15.8. The monoisotopic (exact) mass is 780 g/mol. The molecule has 0 radical (unpaired) electrons. The van der Waals surface area contributed by atoms with Crippen LogP contribution in [0.1, 0.15) is 16.7 Å². The van der Waals surface area contributed by atoms with Gasteiger partial charge < -0.3 is 29.3 Å². The molecule has 0 bridgehead atoms. The fraction of sp³-hybridized carbons (Fsp3) is 0.191. The van der Waals surface area contributed by atoms with E-state index in [2.05, 4.69) is 0 Å². The number of aliphatic hydroxyl groups excluding tert-OH is 2. The molecule has 7 aromatic carbocycles. The van der Waals surface area contributed by atoms with Gasteiger partial charge in [0.1, 0.15) is 30.5 Å². The maximum Gasteiger partial charge on any atom is 0.473 e. The summed E-state index contributed by atoms with van der Waals surface area (Å²) in [4.78, 5) is 15.4. The molecule has 9 nitrogen and oxygen atoms in total. The first-order valence-electron chi connectivity index (χ1n) is 19.0. The summed E-state index contributed by atoms with van der Waals surface area (Å²) < 4.78 is 38.7. The third kappa shape index (κ3) is 7.77. The molecular formula is C47H41O9P. The zero-order chi connectivity index (χ0) is 38.8. The predicted octanol–water partition coefficient (Wildman–Crippen LogP) is 8.35. The Morgan fingerprint density at radius 2 is 0.807 bits per heavy atom. The minimum Gasteiger partial charge on any atom is -0.591 e. The Balaban J connectivity index is 1.13. The fourth-order valence-corrected chi connectivity index (χ4v) is 9.23. The van der Waals surface area contributed by atoms with Crippen LogP contribution < -0.4 is 13.9 Å². The first-order valence-corrected chi connectivity index (χ1v) is 20.4. The van der Waals surface area contributed by atoms with Crippen LogP contribution in [0.3, 0.4) is 0 Å². The molecule has 1 aliphatic heterocycles. The molecule has 2 unspecified atom stereocenters. The van der Waals surface area contributed by atoms with Crippen LogP contribution in [-0.2, 0) is 38.6 Å². The summed E-state index contributed by atoms with van der Waals surface area (Å²) in [6, 6.07) is 51.5. The number of hydrogen-bond donors (Lipinski definition) is 2. The van der Waals surface area contributed by atoms with Gasteiger partial charge in [-0.2, -0.15) is 4.52 Å². The van der Waals surface area contributed by atoms with Gasteiger partial charge in [-0.25, -0.2) is 0 Å². The number of rotatable bonds is 11. The molecule has 0 amide bonds. The lowest BCUT2D eigenvalue weighted by molar-refractivity contribution is -0.282. The fourth-order valence-electron chi connectivity index (χ4n) is 7.78. The second-order valence-electron chi connectivity index (χ2n) is 14.3. The maximum atomic E-state index is 15.4. The topological polar surface area (TPSA) is 119 Å². The van der Waals surface area contributed by atoms with E-state index >= 15 is 4.89 Å². The van der Waals surface area contributed by atoms with Gasteiger partial charge in [0, 0.05) is 11.1 Å². The van der Waals surface area contributed by atoms with E-state index in [1.807, 2.05) is 152 Å². The van der Waals surface area contributed by atoms with Crippen molar-refractivity contribution in [1.82, 2.24) is 0 Å². The van der Waals surface area contributed by atoms with Gasteiger partial charge in [-0.1, -0.05) is 152 Å². The Hall–Kier alpha value is -5.19. The largest absolute Gasteiger partial charge is 0.591 e. The molecule has 0 aromatic heterocycles. The number of fused-ring (bicyclic) bond motifs is 7. The highest BCUT2D eigenvalue weighted by Crippen LogP contribution is 2.62. The summed E-state index contributed by atoms with van der Waals surface area (Å²) >= 11 is 0. The SMILES string of the molecule is [O-][P+]1(OC2[C@@H](OCc3ccccc3)[C@H](O)C(OCc3ccccc3)[C@H](O)[C@@H]2OCc2ccccc2)Oc2ccc3ccccc3c2-c2c(ccc3ccccc23)O1. The number of aliphatic hydroxyl groups is 2. The molecule has 1 fully saturated rings. The Morgan fingerprint density at radius 1 is 0.439 bits per heavy atom. The molecule has 2 N–H and O–H groups in total. The molecule has 10 heteroatoms. The number of phosphoric acid groups is 1. The van der Waals surface area contributed by atoms with Gasteiger partial charge in [-0.15, -0.1) is 0 Å². The van der Waals surface area contributed by atoms with Gasteiger partial charge in [0.05, 0.1) is 19.8 Å². The quantitative estimate of drug-likeness (QED) is 0.125. The van der Waals surface area contributed by atoms with Crippen LogP contribution in [0.25, 0.3) is 32.7 Å². The summed E-state index contributed by atoms with van der Waals surface area (Å²) in [5.74, 6) is 0.577. The molecule has 9 rings (SSSR count). The van der Waals surface area contributed by atoms with E-state index in [1.165, 1.54) is 0 Å². The van der Waals surface area contributed by atoms with Crippen LogP contribution in [0, 0.1) is 0 Å². The predicted molar refractivity (Wildman–Crippen MR) is 217 cm³/mol.